The number of para-hydroxylation sites is 1. The molecule has 1 aliphatic carbocycles. The maximum absolute atomic E-state index is 2.45. The van der Waals surface area contributed by atoms with Crippen molar-refractivity contribution in [3.05, 3.63) is 199 Å². The average Bonchev–Trinajstić information content (AvgIpc) is 3.67. The van der Waals surface area contributed by atoms with Gasteiger partial charge < -0.3 is 4.57 Å². The van der Waals surface area contributed by atoms with Crippen LogP contribution in [-0.2, 0) is 0 Å². The summed E-state index contributed by atoms with van der Waals surface area (Å²) in [7, 11) is 0. The Morgan fingerprint density at radius 3 is 1.81 bits per heavy atom. The van der Waals surface area contributed by atoms with Gasteiger partial charge in [-0.05, 0) is 85.8 Å². The van der Waals surface area contributed by atoms with Crippen molar-refractivity contribution in [3.63, 3.8) is 0 Å². The zero-order valence-corrected chi connectivity index (χ0v) is 26.3. The third-order valence-electron chi connectivity index (χ3n) is 10.3. The minimum atomic E-state index is 0.259. The van der Waals surface area contributed by atoms with Crippen molar-refractivity contribution in [1.82, 2.24) is 4.57 Å². The molecule has 10 rings (SSSR count). The molecule has 0 radical (unpaired) electrons. The molecule has 1 nitrogen and oxygen atoms in total. The lowest BCUT2D eigenvalue weighted by molar-refractivity contribution is 1.02. The van der Waals surface area contributed by atoms with Crippen LogP contribution in [0, 0.1) is 0 Å². The second-order valence-electron chi connectivity index (χ2n) is 12.9. The van der Waals surface area contributed by atoms with E-state index in [2.05, 4.69) is 187 Å². The maximum atomic E-state index is 2.45. The first-order chi connectivity index (χ1) is 23.8. The van der Waals surface area contributed by atoms with Gasteiger partial charge in [0.25, 0.3) is 0 Å². The predicted molar refractivity (Wildman–Crippen MR) is 202 cm³/mol. The summed E-state index contributed by atoms with van der Waals surface area (Å²) in [4.78, 5) is 0. The predicted octanol–water partition coefficient (Wildman–Crippen LogP) is 12.4. The molecule has 0 spiro atoms. The highest BCUT2D eigenvalue weighted by Crippen LogP contribution is 2.49. The molecule has 0 bridgehead atoms. The van der Waals surface area contributed by atoms with Crippen molar-refractivity contribution in [2.45, 2.75) is 5.92 Å². The standard InChI is InChI=1S/C47H31N/c1-3-13-31(14-4-1)35-26-28-45(38-19-9-7-17-36(35)38)48-44-22-12-11-20-39(44)43-30-34(24-27-46(43)48)33-23-25-41-42(29-33)37-18-8-10-21-40(37)47(41)32-15-5-2-6-16-32/h1-30,47H. The van der Waals surface area contributed by atoms with Crippen molar-refractivity contribution < 1.29 is 0 Å². The van der Waals surface area contributed by atoms with Crippen molar-refractivity contribution in [3.8, 4) is 39.1 Å². The number of fused-ring (bicyclic) bond motifs is 7. The van der Waals surface area contributed by atoms with E-state index in [1.54, 1.807) is 0 Å². The Labute approximate surface area is 280 Å². The molecule has 0 aliphatic heterocycles. The summed E-state index contributed by atoms with van der Waals surface area (Å²) in [6, 6.07) is 66.9. The Hall–Kier alpha value is -6.18. The molecule has 1 aliphatic rings. The van der Waals surface area contributed by atoms with Crippen LogP contribution in [0.15, 0.2) is 182 Å². The summed E-state index contributed by atoms with van der Waals surface area (Å²) >= 11 is 0. The molecule has 0 amide bonds. The van der Waals surface area contributed by atoms with Crippen LogP contribution < -0.4 is 0 Å². The van der Waals surface area contributed by atoms with Crippen LogP contribution in [0.4, 0.5) is 0 Å². The van der Waals surface area contributed by atoms with E-state index in [4.69, 9.17) is 0 Å². The normalized spacial score (nSPS) is 13.6. The zero-order valence-electron chi connectivity index (χ0n) is 26.3. The fourth-order valence-electron chi connectivity index (χ4n) is 8.15. The van der Waals surface area contributed by atoms with Gasteiger partial charge in [-0.3, -0.25) is 0 Å². The molecule has 0 fully saturated rings. The SMILES string of the molecule is c1ccc(-c2ccc(-n3c4ccccc4c4cc(-c5ccc6c(c5)-c5ccccc5C6c5ccccc5)ccc43)c3ccccc23)cc1. The molecule has 8 aromatic carbocycles. The van der Waals surface area contributed by atoms with E-state index in [0.717, 1.165) is 0 Å². The molecule has 0 N–H and O–H groups in total. The van der Waals surface area contributed by atoms with Crippen LogP contribution in [0.2, 0.25) is 0 Å². The Kier molecular flexibility index (Phi) is 6.01. The number of benzene rings is 8. The van der Waals surface area contributed by atoms with Gasteiger partial charge in [0.1, 0.15) is 0 Å². The fourth-order valence-corrected chi connectivity index (χ4v) is 8.15. The lowest BCUT2D eigenvalue weighted by atomic mass is 9.89. The zero-order chi connectivity index (χ0) is 31.6. The molecular formula is C47H31N. The van der Waals surface area contributed by atoms with Crippen LogP contribution in [0.25, 0.3) is 71.6 Å². The average molecular weight is 610 g/mol. The third kappa shape index (κ3) is 4.04. The van der Waals surface area contributed by atoms with Gasteiger partial charge in [-0.15, -0.1) is 0 Å². The van der Waals surface area contributed by atoms with Crippen LogP contribution in [0.5, 0.6) is 0 Å². The van der Waals surface area contributed by atoms with Gasteiger partial charge in [-0.2, -0.15) is 0 Å². The molecule has 1 heteroatoms. The Morgan fingerprint density at radius 2 is 0.958 bits per heavy atom. The van der Waals surface area contributed by atoms with Gasteiger partial charge in [0.05, 0.1) is 16.7 Å². The van der Waals surface area contributed by atoms with E-state index < -0.39 is 0 Å². The van der Waals surface area contributed by atoms with Crippen molar-refractivity contribution >= 4 is 32.6 Å². The van der Waals surface area contributed by atoms with Crippen molar-refractivity contribution in [2.24, 2.45) is 0 Å². The largest absolute Gasteiger partial charge is 0.309 e. The number of hydrogen-bond donors (Lipinski definition) is 0. The van der Waals surface area contributed by atoms with E-state index in [0.29, 0.717) is 0 Å². The van der Waals surface area contributed by atoms with E-state index in [1.807, 2.05) is 0 Å². The fraction of sp³-hybridized carbons (Fsp3) is 0.0213. The van der Waals surface area contributed by atoms with Gasteiger partial charge in [0.15, 0.2) is 0 Å². The molecule has 1 atom stereocenters. The lowest BCUT2D eigenvalue weighted by Crippen LogP contribution is -1.98. The first-order valence-electron chi connectivity index (χ1n) is 16.7. The van der Waals surface area contributed by atoms with Crippen LogP contribution in [0.1, 0.15) is 22.6 Å². The quantitative estimate of drug-likeness (QED) is 0.187. The highest BCUT2D eigenvalue weighted by Gasteiger charge is 2.30. The van der Waals surface area contributed by atoms with Gasteiger partial charge in [-0.1, -0.05) is 152 Å². The number of nitrogens with zero attached hydrogens (tertiary/aromatic N) is 1. The Balaban J connectivity index is 1.15. The third-order valence-corrected chi connectivity index (χ3v) is 10.3. The number of hydrogen-bond acceptors (Lipinski definition) is 0. The molecule has 1 unspecified atom stereocenters. The van der Waals surface area contributed by atoms with Gasteiger partial charge in [0.2, 0.25) is 0 Å². The Bertz CT molecular complexity index is 2660. The summed E-state index contributed by atoms with van der Waals surface area (Å²) in [6.07, 6.45) is 0. The van der Waals surface area contributed by atoms with Crippen molar-refractivity contribution in [2.75, 3.05) is 0 Å². The van der Waals surface area contributed by atoms with Gasteiger partial charge in [-0.25, -0.2) is 0 Å². The molecular weight excluding hydrogens is 579 g/mol. The minimum Gasteiger partial charge on any atom is -0.309 e. The first-order valence-corrected chi connectivity index (χ1v) is 16.7. The summed E-state index contributed by atoms with van der Waals surface area (Å²) in [5, 5.41) is 5.04. The first kappa shape index (κ1) is 27.0. The minimum absolute atomic E-state index is 0.259. The van der Waals surface area contributed by atoms with E-state index in [9.17, 15) is 0 Å². The van der Waals surface area contributed by atoms with E-state index in [-0.39, 0.29) is 5.92 Å². The number of aromatic nitrogens is 1. The second kappa shape index (κ2) is 10.7. The van der Waals surface area contributed by atoms with Gasteiger partial charge in [0, 0.05) is 22.1 Å². The highest BCUT2D eigenvalue weighted by molar-refractivity contribution is 6.12. The van der Waals surface area contributed by atoms with E-state index >= 15 is 0 Å². The molecule has 0 saturated carbocycles. The topological polar surface area (TPSA) is 4.93 Å². The summed E-state index contributed by atoms with van der Waals surface area (Å²) in [5.41, 5.74) is 15.4. The summed E-state index contributed by atoms with van der Waals surface area (Å²) in [5.74, 6) is 0.259. The highest BCUT2D eigenvalue weighted by atomic mass is 15.0. The second-order valence-corrected chi connectivity index (χ2v) is 12.9. The molecule has 224 valence electrons. The van der Waals surface area contributed by atoms with Gasteiger partial charge >= 0.3 is 0 Å². The molecule has 9 aromatic rings. The Morgan fingerprint density at radius 1 is 0.333 bits per heavy atom. The molecule has 48 heavy (non-hydrogen) atoms. The lowest BCUT2D eigenvalue weighted by Gasteiger charge is -2.15. The smallest absolute Gasteiger partial charge is 0.0541 e. The summed E-state index contributed by atoms with van der Waals surface area (Å²) < 4.78 is 2.45. The van der Waals surface area contributed by atoms with E-state index in [1.165, 1.54) is 88.3 Å². The summed E-state index contributed by atoms with van der Waals surface area (Å²) in [6.45, 7) is 0. The molecule has 0 saturated heterocycles. The molecule has 1 heterocycles. The maximum Gasteiger partial charge on any atom is 0.0541 e. The van der Waals surface area contributed by atoms with Crippen LogP contribution in [-0.4, -0.2) is 4.57 Å². The van der Waals surface area contributed by atoms with Crippen LogP contribution in [0.3, 0.4) is 0 Å². The molecule has 1 aromatic heterocycles. The number of rotatable bonds is 4. The van der Waals surface area contributed by atoms with Crippen LogP contribution >= 0.6 is 0 Å². The van der Waals surface area contributed by atoms with Crippen molar-refractivity contribution in [1.29, 1.82) is 0 Å². The monoisotopic (exact) mass is 609 g/mol.